The lowest BCUT2D eigenvalue weighted by molar-refractivity contribution is -0.128. The molecule has 0 radical (unpaired) electrons. The predicted octanol–water partition coefficient (Wildman–Crippen LogP) is 4.41. The minimum atomic E-state index is -0.733. The Morgan fingerprint density at radius 1 is 0.875 bits per heavy atom. The summed E-state index contributed by atoms with van der Waals surface area (Å²) in [7, 11) is 0. The number of ketones is 1. The summed E-state index contributed by atoms with van der Waals surface area (Å²) in [5.74, 6) is -0.0672. The first-order valence-electron chi connectivity index (χ1n) is 8.40. The van der Waals surface area contributed by atoms with Crippen LogP contribution >= 0.6 is 0 Å². The first-order valence-corrected chi connectivity index (χ1v) is 8.40. The third kappa shape index (κ3) is 1.71. The average molecular weight is 316 g/mol. The molecule has 0 amide bonds. The van der Waals surface area contributed by atoms with E-state index in [4.69, 9.17) is 0 Å². The third-order valence-electron chi connectivity index (χ3n) is 5.95. The molecule has 0 N–H and O–H groups in total. The highest BCUT2D eigenvalue weighted by atomic mass is 16.1. The van der Waals surface area contributed by atoms with Crippen LogP contribution in [-0.2, 0) is 9.59 Å². The van der Waals surface area contributed by atoms with Crippen molar-refractivity contribution >= 4 is 23.2 Å². The molecular formula is C22H20O2. The van der Waals surface area contributed by atoms with E-state index in [1.54, 1.807) is 0 Å². The Morgan fingerprint density at radius 3 is 1.88 bits per heavy atom. The molecule has 2 heteroatoms. The lowest BCUT2D eigenvalue weighted by Crippen LogP contribution is -2.30. The van der Waals surface area contributed by atoms with Crippen LogP contribution in [0.15, 0.2) is 60.7 Å². The van der Waals surface area contributed by atoms with Gasteiger partial charge < -0.3 is 4.79 Å². The van der Waals surface area contributed by atoms with Crippen molar-refractivity contribution in [3.8, 4) is 0 Å². The molecule has 1 fully saturated rings. The van der Waals surface area contributed by atoms with Gasteiger partial charge in [-0.15, -0.1) is 0 Å². The summed E-state index contributed by atoms with van der Waals surface area (Å²) in [5, 5.41) is 0. The Bertz CT molecular complexity index is 850. The largest absolute Gasteiger partial charge is 0.303 e. The molecule has 4 rings (SSSR count). The summed E-state index contributed by atoms with van der Waals surface area (Å²) in [6.07, 6.45) is 1.58. The lowest BCUT2D eigenvalue weighted by atomic mass is 9.68. The van der Waals surface area contributed by atoms with Crippen molar-refractivity contribution in [3.63, 3.8) is 0 Å². The van der Waals surface area contributed by atoms with Crippen LogP contribution < -0.4 is 0 Å². The maximum atomic E-state index is 13.3. The van der Waals surface area contributed by atoms with E-state index in [1.165, 1.54) is 0 Å². The summed E-state index contributed by atoms with van der Waals surface area (Å²) in [4.78, 5) is 25.1. The van der Waals surface area contributed by atoms with E-state index in [1.807, 2.05) is 62.4 Å². The first-order chi connectivity index (χ1) is 11.5. The van der Waals surface area contributed by atoms with Crippen LogP contribution in [0.2, 0.25) is 0 Å². The van der Waals surface area contributed by atoms with Crippen LogP contribution in [0.3, 0.4) is 0 Å². The zero-order valence-electron chi connectivity index (χ0n) is 14.0. The van der Waals surface area contributed by atoms with Gasteiger partial charge in [-0.3, -0.25) is 4.79 Å². The van der Waals surface area contributed by atoms with Gasteiger partial charge in [0, 0.05) is 5.92 Å². The van der Waals surface area contributed by atoms with Crippen LogP contribution in [0.1, 0.15) is 31.4 Å². The maximum absolute atomic E-state index is 13.3. The summed E-state index contributed by atoms with van der Waals surface area (Å²) in [5.41, 5.74) is 2.93. The Hall–Kier alpha value is -2.48. The number of rotatable bonds is 3. The monoisotopic (exact) mass is 316 g/mol. The second-order valence-corrected chi connectivity index (χ2v) is 7.29. The van der Waals surface area contributed by atoms with Crippen molar-refractivity contribution < 1.29 is 9.59 Å². The van der Waals surface area contributed by atoms with Crippen molar-refractivity contribution in [2.45, 2.75) is 20.3 Å². The lowest BCUT2D eigenvalue weighted by Gasteiger charge is -2.33. The van der Waals surface area contributed by atoms with E-state index in [0.717, 1.165) is 28.6 Å². The summed E-state index contributed by atoms with van der Waals surface area (Å²) >= 11 is 0. The van der Waals surface area contributed by atoms with Crippen LogP contribution in [0.5, 0.6) is 0 Å². The molecule has 2 aromatic carbocycles. The van der Waals surface area contributed by atoms with Gasteiger partial charge in [0.1, 0.15) is 6.29 Å². The highest BCUT2D eigenvalue weighted by Gasteiger charge is 2.66. The van der Waals surface area contributed by atoms with E-state index in [9.17, 15) is 9.59 Å². The summed E-state index contributed by atoms with van der Waals surface area (Å²) < 4.78 is 0. The van der Waals surface area contributed by atoms with Gasteiger partial charge in [-0.05, 0) is 42.5 Å². The van der Waals surface area contributed by atoms with Crippen molar-refractivity contribution in [2.75, 3.05) is 0 Å². The molecule has 120 valence electrons. The SMILES string of the molecule is CC12CC(C=O)C(C)(C1=O)C(c1ccccc1)=C2c1ccccc1. The number of hydrogen-bond acceptors (Lipinski definition) is 2. The summed E-state index contributed by atoms with van der Waals surface area (Å²) in [6, 6.07) is 20.2. The molecule has 0 spiro atoms. The number of carbonyl (C=O) groups is 2. The zero-order chi connectivity index (χ0) is 16.9. The number of Topliss-reactive ketones (excluding diaryl/α,β-unsaturated/α-hetero) is 1. The van der Waals surface area contributed by atoms with Gasteiger partial charge in [0.15, 0.2) is 5.78 Å². The molecule has 3 unspecified atom stereocenters. The van der Waals surface area contributed by atoms with E-state index >= 15 is 0 Å². The average Bonchev–Trinajstić information content (AvgIpc) is 2.93. The fraction of sp³-hybridized carbons (Fsp3) is 0.273. The zero-order valence-corrected chi connectivity index (χ0v) is 14.0. The minimum absolute atomic E-state index is 0.185. The normalized spacial score (nSPS) is 31.6. The van der Waals surface area contributed by atoms with Gasteiger partial charge in [0.05, 0.1) is 10.8 Å². The standard InChI is InChI=1S/C22H20O2/c1-21-13-17(14-23)22(2,20(21)24)19(16-11-7-4-8-12-16)18(21)15-9-5-3-6-10-15/h3-12,14,17H,13H2,1-2H3. The van der Waals surface area contributed by atoms with Crippen molar-refractivity contribution in [2.24, 2.45) is 16.7 Å². The number of allylic oxidation sites excluding steroid dienone is 2. The van der Waals surface area contributed by atoms with Crippen LogP contribution in [0.4, 0.5) is 0 Å². The van der Waals surface area contributed by atoms with Gasteiger partial charge in [-0.2, -0.15) is 0 Å². The summed E-state index contributed by atoms with van der Waals surface area (Å²) in [6.45, 7) is 3.97. The molecule has 0 heterocycles. The number of hydrogen-bond donors (Lipinski definition) is 0. The Morgan fingerprint density at radius 2 is 1.38 bits per heavy atom. The second kappa shape index (κ2) is 5.01. The Balaban J connectivity index is 2.08. The molecular weight excluding hydrogens is 296 g/mol. The first kappa shape index (κ1) is 15.1. The minimum Gasteiger partial charge on any atom is -0.303 e. The topological polar surface area (TPSA) is 34.1 Å². The Labute approximate surface area is 142 Å². The van der Waals surface area contributed by atoms with Crippen LogP contribution in [0, 0.1) is 16.7 Å². The molecule has 2 nitrogen and oxygen atoms in total. The van der Waals surface area contributed by atoms with Crippen LogP contribution in [-0.4, -0.2) is 12.1 Å². The number of fused-ring (bicyclic) bond motifs is 2. The highest BCUT2D eigenvalue weighted by Crippen LogP contribution is 2.68. The molecule has 0 aliphatic heterocycles. The molecule has 3 atom stereocenters. The fourth-order valence-corrected chi connectivity index (χ4v) is 4.83. The molecule has 1 saturated carbocycles. The molecule has 2 aliphatic rings. The van der Waals surface area contributed by atoms with Gasteiger partial charge in [0.25, 0.3) is 0 Å². The number of aldehydes is 1. The quantitative estimate of drug-likeness (QED) is 0.786. The van der Waals surface area contributed by atoms with E-state index in [0.29, 0.717) is 6.42 Å². The molecule has 2 bridgehead atoms. The number of carbonyl (C=O) groups excluding carboxylic acids is 2. The molecule has 0 saturated heterocycles. The molecule has 2 aromatic rings. The molecule has 2 aliphatic carbocycles. The second-order valence-electron chi connectivity index (χ2n) is 7.29. The Kier molecular flexibility index (Phi) is 3.14. The van der Waals surface area contributed by atoms with Crippen molar-refractivity contribution in [3.05, 3.63) is 71.8 Å². The smallest absolute Gasteiger partial charge is 0.154 e. The van der Waals surface area contributed by atoms with E-state index < -0.39 is 10.8 Å². The van der Waals surface area contributed by atoms with Crippen molar-refractivity contribution in [1.82, 2.24) is 0 Å². The van der Waals surface area contributed by atoms with Gasteiger partial charge >= 0.3 is 0 Å². The maximum Gasteiger partial charge on any atom is 0.154 e. The van der Waals surface area contributed by atoms with E-state index in [2.05, 4.69) is 12.1 Å². The van der Waals surface area contributed by atoms with Crippen molar-refractivity contribution in [1.29, 1.82) is 0 Å². The fourth-order valence-electron chi connectivity index (χ4n) is 4.83. The number of benzene rings is 2. The van der Waals surface area contributed by atoms with Gasteiger partial charge in [-0.1, -0.05) is 60.7 Å². The molecule has 24 heavy (non-hydrogen) atoms. The predicted molar refractivity (Wildman–Crippen MR) is 95.1 cm³/mol. The molecule has 0 aromatic heterocycles. The highest BCUT2D eigenvalue weighted by molar-refractivity contribution is 6.23. The van der Waals surface area contributed by atoms with Crippen LogP contribution in [0.25, 0.3) is 11.1 Å². The van der Waals surface area contributed by atoms with E-state index in [-0.39, 0.29) is 11.7 Å². The van der Waals surface area contributed by atoms with Gasteiger partial charge in [-0.25, -0.2) is 0 Å². The third-order valence-corrected chi connectivity index (χ3v) is 5.95. The van der Waals surface area contributed by atoms with Gasteiger partial charge in [0.2, 0.25) is 0 Å².